The second kappa shape index (κ2) is 8.92. The van der Waals surface area contributed by atoms with E-state index in [1.165, 1.54) is 0 Å². The van der Waals surface area contributed by atoms with Gasteiger partial charge in [-0.2, -0.15) is 0 Å². The molecule has 1 aliphatic rings. The van der Waals surface area contributed by atoms with Gasteiger partial charge in [0.1, 0.15) is 0 Å². The molecule has 6 nitrogen and oxygen atoms in total. The number of piperazine rings is 1. The molecule has 1 heterocycles. The first-order chi connectivity index (χ1) is 9.54. The second-order valence-electron chi connectivity index (χ2n) is 5.29. The Morgan fingerprint density at radius 1 is 1.15 bits per heavy atom. The number of ether oxygens (including phenoxy) is 1. The molecule has 0 spiro atoms. The molecule has 6 heteroatoms. The van der Waals surface area contributed by atoms with E-state index < -0.39 is 0 Å². The molecule has 0 aromatic heterocycles. The van der Waals surface area contributed by atoms with E-state index >= 15 is 0 Å². The first kappa shape index (κ1) is 16.9. The van der Waals surface area contributed by atoms with Gasteiger partial charge in [-0.25, -0.2) is 0 Å². The Morgan fingerprint density at radius 3 is 2.35 bits per heavy atom. The highest BCUT2D eigenvalue weighted by Crippen LogP contribution is 2.04. The summed E-state index contributed by atoms with van der Waals surface area (Å²) in [6, 6.07) is 0. The maximum absolute atomic E-state index is 12.1. The average molecular weight is 285 g/mol. The van der Waals surface area contributed by atoms with Gasteiger partial charge in [-0.3, -0.25) is 9.59 Å². The number of amides is 2. The van der Waals surface area contributed by atoms with E-state index in [1.54, 1.807) is 18.9 Å². The molecule has 0 bridgehead atoms. The Labute approximate surface area is 121 Å². The highest BCUT2D eigenvalue weighted by atomic mass is 16.5. The highest BCUT2D eigenvalue weighted by molar-refractivity contribution is 5.78. The summed E-state index contributed by atoms with van der Waals surface area (Å²) in [5.74, 6) is 0.170. The van der Waals surface area contributed by atoms with Crippen LogP contribution in [-0.2, 0) is 14.3 Å². The monoisotopic (exact) mass is 285 g/mol. The number of hydrogen-bond acceptors (Lipinski definition) is 4. The number of hydrogen-bond donors (Lipinski definition) is 0. The third-order valence-corrected chi connectivity index (χ3v) is 3.67. The van der Waals surface area contributed by atoms with Gasteiger partial charge in [0.25, 0.3) is 0 Å². The molecule has 1 saturated heterocycles. The Kier molecular flexibility index (Phi) is 7.54. The number of carbonyl (C=O) groups excluding carboxylic acids is 2. The van der Waals surface area contributed by atoms with Crippen LogP contribution in [0.25, 0.3) is 0 Å². The Balaban J connectivity index is 2.31. The maximum Gasteiger partial charge on any atom is 0.224 e. The van der Waals surface area contributed by atoms with Crippen molar-refractivity contribution < 1.29 is 14.3 Å². The van der Waals surface area contributed by atoms with E-state index in [0.29, 0.717) is 26.1 Å². The van der Waals surface area contributed by atoms with Gasteiger partial charge in [0, 0.05) is 66.3 Å². The molecule has 0 aliphatic carbocycles. The van der Waals surface area contributed by atoms with Gasteiger partial charge in [-0.05, 0) is 13.5 Å². The molecule has 2 amide bonds. The molecule has 0 unspecified atom stereocenters. The predicted octanol–water partition coefficient (Wildman–Crippen LogP) is 0.0355. The van der Waals surface area contributed by atoms with E-state index in [2.05, 4.69) is 11.9 Å². The van der Waals surface area contributed by atoms with Gasteiger partial charge in [-0.15, -0.1) is 0 Å². The largest absolute Gasteiger partial charge is 0.385 e. The molecule has 0 aromatic rings. The molecular formula is C14H27N3O3. The van der Waals surface area contributed by atoms with Gasteiger partial charge in [0.2, 0.25) is 11.8 Å². The lowest BCUT2D eigenvalue weighted by Crippen LogP contribution is -2.47. The maximum atomic E-state index is 12.1. The molecule has 0 radical (unpaired) electrons. The quantitative estimate of drug-likeness (QED) is 0.620. The van der Waals surface area contributed by atoms with Crippen LogP contribution in [0, 0.1) is 0 Å². The fourth-order valence-electron chi connectivity index (χ4n) is 2.27. The number of likely N-dealkylation sites (N-methyl/N-ethyl adjacent to an activating group) is 1. The number of carbonyl (C=O) groups is 2. The Hall–Kier alpha value is -1.14. The normalized spacial score (nSPS) is 16.2. The molecule has 1 fully saturated rings. The zero-order valence-corrected chi connectivity index (χ0v) is 12.9. The molecular weight excluding hydrogens is 258 g/mol. The van der Waals surface area contributed by atoms with Gasteiger partial charge in [0.05, 0.1) is 0 Å². The summed E-state index contributed by atoms with van der Waals surface area (Å²) in [6.07, 6.45) is 1.22. The molecule has 116 valence electrons. The summed E-state index contributed by atoms with van der Waals surface area (Å²) in [6.45, 7) is 6.77. The van der Waals surface area contributed by atoms with Crippen molar-refractivity contribution >= 4 is 11.8 Å². The van der Waals surface area contributed by atoms with Crippen LogP contribution in [0.1, 0.15) is 19.8 Å². The summed E-state index contributed by atoms with van der Waals surface area (Å²) in [4.78, 5) is 29.5. The number of methoxy groups -OCH3 is 1. The fraction of sp³-hybridized carbons (Fsp3) is 0.857. The smallest absolute Gasteiger partial charge is 0.224 e. The lowest BCUT2D eigenvalue weighted by molar-refractivity contribution is -0.134. The van der Waals surface area contributed by atoms with Gasteiger partial charge in [-0.1, -0.05) is 0 Å². The summed E-state index contributed by atoms with van der Waals surface area (Å²) in [5.41, 5.74) is 0. The standard InChI is InChI=1S/C14H27N3O3/c1-13(18)16(6-4-12-20-3)7-5-14(19)17-10-8-15(2)9-11-17/h4-12H2,1-3H3. The SMILES string of the molecule is COCCCN(CCC(=O)N1CCN(C)CC1)C(C)=O. The van der Waals surface area contributed by atoms with Crippen LogP contribution in [0.4, 0.5) is 0 Å². The van der Waals surface area contributed by atoms with Crippen molar-refractivity contribution in [1.29, 1.82) is 0 Å². The van der Waals surface area contributed by atoms with E-state index in [1.807, 2.05) is 4.90 Å². The zero-order chi connectivity index (χ0) is 15.0. The van der Waals surface area contributed by atoms with Crippen molar-refractivity contribution in [2.45, 2.75) is 19.8 Å². The minimum absolute atomic E-state index is 0.0206. The van der Waals surface area contributed by atoms with Gasteiger partial charge in [0.15, 0.2) is 0 Å². The minimum atomic E-state index is 0.0206. The van der Waals surface area contributed by atoms with Crippen LogP contribution in [0.5, 0.6) is 0 Å². The highest BCUT2D eigenvalue weighted by Gasteiger charge is 2.19. The lowest BCUT2D eigenvalue weighted by atomic mass is 10.2. The molecule has 1 aliphatic heterocycles. The van der Waals surface area contributed by atoms with Crippen molar-refractivity contribution in [2.75, 3.05) is 60.0 Å². The van der Waals surface area contributed by atoms with Crippen molar-refractivity contribution in [3.8, 4) is 0 Å². The van der Waals surface area contributed by atoms with Gasteiger partial charge >= 0.3 is 0 Å². The fourth-order valence-corrected chi connectivity index (χ4v) is 2.27. The molecule has 1 rings (SSSR count). The first-order valence-electron chi connectivity index (χ1n) is 7.25. The van der Waals surface area contributed by atoms with Crippen LogP contribution in [0.15, 0.2) is 0 Å². The van der Waals surface area contributed by atoms with E-state index in [-0.39, 0.29) is 11.8 Å². The van der Waals surface area contributed by atoms with Crippen LogP contribution < -0.4 is 0 Å². The Morgan fingerprint density at radius 2 is 1.80 bits per heavy atom. The second-order valence-corrected chi connectivity index (χ2v) is 5.29. The van der Waals surface area contributed by atoms with Crippen molar-refractivity contribution in [3.63, 3.8) is 0 Å². The third kappa shape index (κ3) is 5.88. The van der Waals surface area contributed by atoms with Crippen LogP contribution in [-0.4, -0.2) is 86.5 Å². The van der Waals surface area contributed by atoms with E-state index in [4.69, 9.17) is 4.74 Å². The zero-order valence-electron chi connectivity index (χ0n) is 12.9. The summed E-state index contributed by atoms with van der Waals surface area (Å²) in [5, 5.41) is 0. The minimum Gasteiger partial charge on any atom is -0.385 e. The molecule has 0 saturated carbocycles. The lowest BCUT2D eigenvalue weighted by Gasteiger charge is -2.33. The predicted molar refractivity (Wildman–Crippen MR) is 77.4 cm³/mol. The third-order valence-electron chi connectivity index (χ3n) is 3.67. The van der Waals surface area contributed by atoms with Crippen molar-refractivity contribution in [3.05, 3.63) is 0 Å². The van der Waals surface area contributed by atoms with E-state index in [9.17, 15) is 9.59 Å². The summed E-state index contributed by atoms with van der Waals surface area (Å²) < 4.78 is 4.99. The molecule has 0 N–H and O–H groups in total. The molecule has 0 atom stereocenters. The first-order valence-corrected chi connectivity index (χ1v) is 7.25. The van der Waals surface area contributed by atoms with Crippen molar-refractivity contribution in [2.24, 2.45) is 0 Å². The average Bonchev–Trinajstić information content (AvgIpc) is 2.42. The van der Waals surface area contributed by atoms with Crippen LogP contribution in [0.3, 0.4) is 0 Å². The number of nitrogens with zero attached hydrogens (tertiary/aromatic N) is 3. The van der Waals surface area contributed by atoms with Crippen LogP contribution >= 0.6 is 0 Å². The topological polar surface area (TPSA) is 53.1 Å². The van der Waals surface area contributed by atoms with Crippen molar-refractivity contribution in [1.82, 2.24) is 14.7 Å². The summed E-state index contributed by atoms with van der Waals surface area (Å²) >= 11 is 0. The molecule has 20 heavy (non-hydrogen) atoms. The summed E-state index contributed by atoms with van der Waals surface area (Å²) in [7, 11) is 3.71. The Bertz CT molecular complexity index is 315. The van der Waals surface area contributed by atoms with E-state index in [0.717, 1.165) is 32.6 Å². The van der Waals surface area contributed by atoms with Gasteiger partial charge < -0.3 is 19.4 Å². The number of rotatable bonds is 7. The van der Waals surface area contributed by atoms with Crippen LogP contribution in [0.2, 0.25) is 0 Å². The molecule has 0 aromatic carbocycles.